The van der Waals surface area contributed by atoms with E-state index in [0.717, 1.165) is 34.1 Å². The van der Waals surface area contributed by atoms with Crippen molar-refractivity contribution in [1.82, 2.24) is 0 Å². The molecule has 5 aromatic carbocycles. The fourth-order valence-electron chi connectivity index (χ4n) is 5.22. The Morgan fingerprint density at radius 1 is 0.429 bits per heavy atom. The molecule has 0 aliphatic rings. The second kappa shape index (κ2) is 11.3. The summed E-state index contributed by atoms with van der Waals surface area (Å²) in [7, 11) is 0. The number of hydrogen-bond acceptors (Lipinski definition) is 4. The Bertz CT molecular complexity index is 1560. The van der Waals surface area contributed by atoms with Crippen molar-refractivity contribution < 1.29 is 9.47 Å². The number of aryl methyl sites for hydroxylation is 2. The first kappa shape index (κ1) is 28.8. The van der Waals surface area contributed by atoms with Gasteiger partial charge in [0.2, 0.25) is 0 Å². The zero-order valence-corrected chi connectivity index (χ0v) is 25.4. The van der Waals surface area contributed by atoms with Crippen LogP contribution in [0.2, 0.25) is 0 Å². The Labute approximate surface area is 249 Å². The molecular formula is C38H40N2O2. The van der Waals surface area contributed by atoms with Gasteiger partial charge in [-0.15, -0.1) is 0 Å². The number of ether oxygens (including phenoxy) is 2. The van der Waals surface area contributed by atoms with Gasteiger partial charge in [-0.25, -0.2) is 0 Å². The number of hydrogen-bond donors (Lipinski definition) is 2. The second-order valence-electron chi connectivity index (χ2n) is 12.1. The van der Waals surface area contributed by atoms with Crippen LogP contribution in [0.5, 0.6) is 23.0 Å². The first-order chi connectivity index (χ1) is 19.9. The molecule has 0 fully saturated rings. The van der Waals surface area contributed by atoms with Crippen LogP contribution >= 0.6 is 0 Å². The molecule has 0 radical (unpaired) electrons. The Morgan fingerprint density at radius 2 is 0.714 bits per heavy atom. The highest BCUT2D eigenvalue weighted by Gasteiger charge is 2.26. The summed E-state index contributed by atoms with van der Waals surface area (Å²) in [5, 5.41) is 0. The molecule has 0 bridgehead atoms. The maximum Gasteiger partial charge on any atom is 0.132 e. The molecule has 0 saturated heterocycles. The van der Waals surface area contributed by atoms with Gasteiger partial charge in [0.15, 0.2) is 0 Å². The summed E-state index contributed by atoms with van der Waals surface area (Å²) < 4.78 is 12.2. The van der Waals surface area contributed by atoms with Gasteiger partial charge in [-0.1, -0.05) is 88.4 Å². The van der Waals surface area contributed by atoms with E-state index < -0.39 is 0 Å². The Kier molecular flexibility index (Phi) is 7.74. The molecule has 0 aliphatic heterocycles. The van der Waals surface area contributed by atoms with E-state index in [9.17, 15) is 0 Å². The summed E-state index contributed by atoms with van der Waals surface area (Å²) in [4.78, 5) is 0. The molecule has 0 unspecified atom stereocenters. The molecule has 4 heteroatoms. The monoisotopic (exact) mass is 556 g/mol. The Balaban J connectivity index is 1.30. The fourth-order valence-corrected chi connectivity index (χ4v) is 5.22. The summed E-state index contributed by atoms with van der Waals surface area (Å²) in [6.45, 7) is 13.1. The third kappa shape index (κ3) is 5.99. The molecule has 0 aliphatic carbocycles. The predicted molar refractivity (Wildman–Crippen MR) is 175 cm³/mol. The Morgan fingerprint density at radius 3 is 1.02 bits per heavy atom. The highest BCUT2D eigenvalue weighted by molar-refractivity contribution is 5.51. The van der Waals surface area contributed by atoms with E-state index in [2.05, 4.69) is 76.2 Å². The lowest BCUT2D eigenvalue weighted by molar-refractivity contribution is 0.478. The van der Waals surface area contributed by atoms with Crippen molar-refractivity contribution in [1.29, 1.82) is 0 Å². The number of nitrogens with two attached hydrogens (primary N) is 2. The van der Waals surface area contributed by atoms with Crippen molar-refractivity contribution in [3.05, 3.63) is 143 Å². The van der Waals surface area contributed by atoms with E-state index in [1.165, 1.54) is 22.3 Å². The van der Waals surface area contributed by atoms with Crippen molar-refractivity contribution in [2.24, 2.45) is 0 Å². The van der Waals surface area contributed by atoms with Crippen LogP contribution in [0.3, 0.4) is 0 Å². The minimum atomic E-state index is -0.174. The molecule has 0 spiro atoms. The highest BCUT2D eigenvalue weighted by Crippen LogP contribution is 2.38. The van der Waals surface area contributed by atoms with Crippen LogP contribution in [-0.4, -0.2) is 0 Å². The molecule has 0 heterocycles. The van der Waals surface area contributed by atoms with Crippen LogP contribution in [0.4, 0.5) is 11.4 Å². The minimum Gasteiger partial charge on any atom is -0.457 e. The molecule has 42 heavy (non-hydrogen) atoms. The van der Waals surface area contributed by atoms with Crippen molar-refractivity contribution in [2.45, 2.75) is 52.4 Å². The summed E-state index contributed by atoms with van der Waals surface area (Å²) >= 11 is 0. The van der Waals surface area contributed by atoms with Gasteiger partial charge in [0.1, 0.15) is 23.0 Å². The van der Waals surface area contributed by atoms with Crippen molar-refractivity contribution in [3.8, 4) is 23.0 Å². The van der Waals surface area contributed by atoms with E-state index in [-0.39, 0.29) is 10.8 Å². The average Bonchev–Trinajstić information content (AvgIpc) is 2.97. The summed E-state index contributed by atoms with van der Waals surface area (Å²) in [5.74, 6) is 3.14. The molecule has 5 rings (SSSR count). The number of nitrogen functional groups attached to an aromatic ring is 2. The first-order valence-electron chi connectivity index (χ1n) is 14.3. The molecular weight excluding hydrogens is 516 g/mol. The topological polar surface area (TPSA) is 70.5 Å². The summed E-state index contributed by atoms with van der Waals surface area (Å²) in [6, 6.07) is 37.1. The lowest BCUT2D eigenvalue weighted by Gasteiger charge is -2.29. The van der Waals surface area contributed by atoms with Gasteiger partial charge >= 0.3 is 0 Å². The van der Waals surface area contributed by atoms with E-state index in [1.54, 1.807) is 0 Å². The van der Waals surface area contributed by atoms with Crippen LogP contribution in [-0.2, 0) is 10.8 Å². The number of benzene rings is 5. The first-order valence-corrected chi connectivity index (χ1v) is 14.3. The van der Waals surface area contributed by atoms with Crippen LogP contribution in [0.25, 0.3) is 0 Å². The van der Waals surface area contributed by atoms with Gasteiger partial charge in [0, 0.05) is 34.3 Å². The lowest BCUT2D eigenvalue weighted by Crippen LogP contribution is -2.21. The average molecular weight is 557 g/mol. The van der Waals surface area contributed by atoms with E-state index in [0.29, 0.717) is 11.4 Å². The van der Waals surface area contributed by atoms with Crippen LogP contribution < -0.4 is 20.9 Å². The summed E-state index contributed by atoms with van der Waals surface area (Å²) in [6.07, 6.45) is 0. The third-order valence-corrected chi connectivity index (χ3v) is 8.36. The molecule has 0 aromatic heterocycles. The van der Waals surface area contributed by atoms with Gasteiger partial charge in [-0.3, -0.25) is 0 Å². The van der Waals surface area contributed by atoms with Crippen molar-refractivity contribution in [3.63, 3.8) is 0 Å². The molecule has 214 valence electrons. The number of anilines is 2. The zero-order chi connectivity index (χ0) is 30.1. The minimum absolute atomic E-state index is 0.174. The van der Waals surface area contributed by atoms with Crippen molar-refractivity contribution in [2.75, 3.05) is 11.5 Å². The largest absolute Gasteiger partial charge is 0.457 e. The van der Waals surface area contributed by atoms with E-state index >= 15 is 0 Å². The van der Waals surface area contributed by atoms with Gasteiger partial charge in [0.05, 0.1) is 0 Å². The normalized spacial score (nSPS) is 11.8. The fraction of sp³-hybridized carbons (Fsp3) is 0.211. The van der Waals surface area contributed by atoms with E-state index in [1.807, 2.05) is 74.5 Å². The van der Waals surface area contributed by atoms with E-state index in [4.69, 9.17) is 20.9 Å². The second-order valence-corrected chi connectivity index (χ2v) is 12.1. The molecule has 5 aromatic rings. The summed E-state index contributed by atoms with van der Waals surface area (Å²) in [5.41, 5.74) is 20.0. The van der Waals surface area contributed by atoms with Gasteiger partial charge < -0.3 is 20.9 Å². The van der Waals surface area contributed by atoms with Crippen molar-refractivity contribution >= 4 is 11.4 Å². The van der Waals surface area contributed by atoms with Gasteiger partial charge in [-0.2, -0.15) is 0 Å². The lowest BCUT2D eigenvalue weighted by atomic mass is 9.74. The van der Waals surface area contributed by atoms with Crippen LogP contribution in [0.1, 0.15) is 61.1 Å². The zero-order valence-electron chi connectivity index (χ0n) is 25.4. The molecule has 0 saturated carbocycles. The standard InChI is InChI=1S/C38H40N2O2/c1-25-7-17-31(39)23-35(25)41-33-19-13-29(14-20-33)37(3,4)27-9-11-28(12-10-27)38(5,6)30-15-21-34(22-16-30)42-36-24-32(40)18-8-26(36)2/h7-24H,39-40H2,1-6H3. The Hall–Kier alpha value is -4.70. The molecule has 0 amide bonds. The van der Waals surface area contributed by atoms with Crippen LogP contribution in [0.15, 0.2) is 109 Å². The maximum atomic E-state index is 6.11. The number of rotatable bonds is 8. The van der Waals surface area contributed by atoms with Gasteiger partial charge in [-0.05, 0) is 83.6 Å². The third-order valence-electron chi connectivity index (χ3n) is 8.36. The van der Waals surface area contributed by atoms with Crippen LogP contribution in [0, 0.1) is 13.8 Å². The molecule has 0 atom stereocenters. The maximum absolute atomic E-state index is 6.11. The smallest absolute Gasteiger partial charge is 0.132 e. The molecule has 4 nitrogen and oxygen atoms in total. The van der Waals surface area contributed by atoms with Gasteiger partial charge in [0.25, 0.3) is 0 Å². The SMILES string of the molecule is Cc1ccc(N)cc1Oc1ccc(C(C)(C)c2ccc(C(C)(C)c3ccc(Oc4cc(N)ccc4C)cc3)cc2)cc1. The predicted octanol–water partition coefficient (Wildman–Crippen LogP) is 9.70. The highest BCUT2D eigenvalue weighted by atomic mass is 16.5. The quantitative estimate of drug-likeness (QED) is 0.187. The molecule has 4 N–H and O–H groups in total.